The van der Waals surface area contributed by atoms with Gasteiger partial charge in [0.05, 0.1) is 0 Å². The Morgan fingerprint density at radius 3 is 2.71 bits per heavy atom. The molecule has 0 bridgehead atoms. The Kier molecular flexibility index (Phi) is 4.13. The molecular formula is C14H14BrNS. The number of halogens is 1. The summed E-state index contributed by atoms with van der Waals surface area (Å²) in [6, 6.07) is 14.6. The maximum atomic E-state index is 5.96. The summed E-state index contributed by atoms with van der Waals surface area (Å²) in [5, 5.41) is 0. The first-order valence-electron chi connectivity index (χ1n) is 5.38. The molecule has 0 spiro atoms. The van der Waals surface area contributed by atoms with Gasteiger partial charge in [-0.3, -0.25) is 0 Å². The Morgan fingerprint density at radius 2 is 2.00 bits per heavy atom. The number of benzene rings is 2. The molecule has 0 amide bonds. The van der Waals surface area contributed by atoms with E-state index in [4.69, 9.17) is 5.73 Å². The third kappa shape index (κ3) is 3.51. The van der Waals surface area contributed by atoms with E-state index in [1.165, 1.54) is 11.1 Å². The fourth-order valence-corrected chi connectivity index (χ4v) is 2.88. The summed E-state index contributed by atoms with van der Waals surface area (Å²) < 4.78 is 1.02. The van der Waals surface area contributed by atoms with Crippen LogP contribution in [0.1, 0.15) is 11.1 Å². The van der Waals surface area contributed by atoms with Crippen molar-refractivity contribution in [2.24, 2.45) is 0 Å². The van der Waals surface area contributed by atoms with Gasteiger partial charge >= 0.3 is 0 Å². The van der Waals surface area contributed by atoms with Gasteiger partial charge in [0.2, 0.25) is 0 Å². The zero-order valence-corrected chi connectivity index (χ0v) is 12.0. The molecule has 0 aliphatic rings. The Hall–Kier alpha value is -0.930. The zero-order valence-electron chi connectivity index (χ0n) is 9.61. The molecule has 2 aromatic rings. The van der Waals surface area contributed by atoms with Crippen LogP contribution in [0.3, 0.4) is 0 Å². The maximum Gasteiger partial charge on any atom is 0.0463 e. The zero-order chi connectivity index (χ0) is 12.3. The molecule has 88 valence electrons. The standard InChI is InChI=1S/C14H14BrNS/c1-10-3-2-4-11(7-10)9-17-14-6-5-12(15)8-13(14)16/h2-8H,9,16H2,1H3. The van der Waals surface area contributed by atoms with Crippen LogP contribution in [-0.4, -0.2) is 0 Å². The lowest BCUT2D eigenvalue weighted by Crippen LogP contribution is -1.89. The van der Waals surface area contributed by atoms with Crippen molar-refractivity contribution in [3.63, 3.8) is 0 Å². The van der Waals surface area contributed by atoms with Gasteiger partial charge in [0, 0.05) is 20.8 Å². The molecule has 2 aromatic carbocycles. The topological polar surface area (TPSA) is 26.0 Å². The number of rotatable bonds is 3. The molecule has 1 nitrogen and oxygen atoms in total. The van der Waals surface area contributed by atoms with E-state index in [2.05, 4.69) is 53.2 Å². The van der Waals surface area contributed by atoms with Crippen LogP contribution >= 0.6 is 27.7 Å². The number of nitrogens with two attached hydrogens (primary N) is 1. The summed E-state index contributed by atoms with van der Waals surface area (Å²) in [5.74, 6) is 0.952. The molecule has 0 fully saturated rings. The highest BCUT2D eigenvalue weighted by molar-refractivity contribution is 9.10. The molecule has 0 aromatic heterocycles. The number of hydrogen-bond donors (Lipinski definition) is 1. The van der Waals surface area contributed by atoms with Crippen LogP contribution in [0.2, 0.25) is 0 Å². The van der Waals surface area contributed by atoms with Crippen molar-refractivity contribution in [2.75, 3.05) is 5.73 Å². The Balaban J connectivity index is 2.07. The first-order chi connectivity index (χ1) is 8.15. The number of anilines is 1. The Labute approximate surface area is 115 Å². The molecule has 2 N–H and O–H groups in total. The lowest BCUT2D eigenvalue weighted by molar-refractivity contribution is 1.34. The van der Waals surface area contributed by atoms with Crippen molar-refractivity contribution in [2.45, 2.75) is 17.6 Å². The molecule has 2 rings (SSSR count). The van der Waals surface area contributed by atoms with Gasteiger partial charge in [-0.1, -0.05) is 45.8 Å². The highest BCUT2D eigenvalue weighted by Gasteiger charge is 2.01. The molecule has 0 unspecified atom stereocenters. The fourth-order valence-electron chi connectivity index (χ4n) is 1.61. The number of thioether (sulfide) groups is 1. The summed E-state index contributed by atoms with van der Waals surface area (Å²) in [6.45, 7) is 2.11. The summed E-state index contributed by atoms with van der Waals surface area (Å²) >= 11 is 5.18. The molecule has 0 aliphatic heterocycles. The van der Waals surface area contributed by atoms with Gasteiger partial charge in [0.15, 0.2) is 0 Å². The molecule has 3 heteroatoms. The van der Waals surface area contributed by atoms with Gasteiger partial charge in [0.25, 0.3) is 0 Å². The first kappa shape index (κ1) is 12.5. The quantitative estimate of drug-likeness (QED) is 0.661. The number of hydrogen-bond acceptors (Lipinski definition) is 2. The van der Waals surface area contributed by atoms with Crippen molar-refractivity contribution < 1.29 is 0 Å². The minimum absolute atomic E-state index is 0.831. The molecular weight excluding hydrogens is 294 g/mol. The van der Waals surface area contributed by atoms with Crippen molar-refractivity contribution in [1.29, 1.82) is 0 Å². The number of nitrogen functional groups attached to an aromatic ring is 1. The third-order valence-electron chi connectivity index (χ3n) is 2.45. The van der Waals surface area contributed by atoms with Crippen LogP contribution in [0.15, 0.2) is 51.8 Å². The maximum absolute atomic E-state index is 5.96. The molecule has 0 radical (unpaired) electrons. The summed E-state index contributed by atoms with van der Waals surface area (Å²) in [5.41, 5.74) is 9.42. The van der Waals surface area contributed by atoms with Crippen LogP contribution in [0, 0.1) is 6.92 Å². The Morgan fingerprint density at radius 1 is 1.18 bits per heavy atom. The lowest BCUT2D eigenvalue weighted by Gasteiger charge is -2.06. The van der Waals surface area contributed by atoms with E-state index in [1.54, 1.807) is 11.8 Å². The van der Waals surface area contributed by atoms with E-state index in [-0.39, 0.29) is 0 Å². The van der Waals surface area contributed by atoms with Gasteiger partial charge < -0.3 is 5.73 Å². The van der Waals surface area contributed by atoms with Crippen molar-refractivity contribution in [3.8, 4) is 0 Å². The van der Waals surface area contributed by atoms with Crippen molar-refractivity contribution >= 4 is 33.4 Å². The first-order valence-corrected chi connectivity index (χ1v) is 7.16. The predicted octanol–water partition coefficient (Wildman–Crippen LogP) is 4.63. The lowest BCUT2D eigenvalue weighted by atomic mass is 10.2. The van der Waals surface area contributed by atoms with Crippen LogP contribution < -0.4 is 5.73 Å². The predicted molar refractivity (Wildman–Crippen MR) is 79.3 cm³/mol. The highest BCUT2D eigenvalue weighted by Crippen LogP contribution is 2.30. The van der Waals surface area contributed by atoms with Crippen LogP contribution in [0.25, 0.3) is 0 Å². The highest BCUT2D eigenvalue weighted by atomic mass is 79.9. The summed E-state index contributed by atoms with van der Waals surface area (Å²) in [4.78, 5) is 1.13. The Bertz CT molecular complexity index is 525. The van der Waals surface area contributed by atoms with Crippen LogP contribution in [0.5, 0.6) is 0 Å². The van der Waals surface area contributed by atoms with Gasteiger partial charge in [-0.25, -0.2) is 0 Å². The average molecular weight is 308 g/mol. The normalized spacial score (nSPS) is 10.5. The number of aryl methyl sites for hydroxylation is 1. The van der Waals surface area contributed by atoms with E-state index in [0.717, 1.165) is 20.8 Å². The van der Waals surface area contributed by atoms with Crippen molar-refractivity contribution in [1.82, 2.24) is 0 Å². The van der Waals surface area contributed by atoms with E-state index < -0.39 is 0 Å². The molecule has 0 saturated carbocycles. The smallest absolute Gasteiger partial charge is 0.0463 e. The largest absolute Gasteiger partial charge is 0.398 e. The third-order valence-corrected chi connectivity index (χ3v) is 4.10. The second kappa shape index (κ2) is 5.61. The van der Waals surface area contributed by atoms with Gasteiger partial charge in [0.1, 0.15) is 0 Å². The SMILES string of the molecule is Cc1cccc(CSc2ccc(Br)cc2N)c1. The van der Waals surface area contributed by atoms with Gasteiger partial charge in [-0.2, -0.15) is 0 Å². The van der Waals surface area contributed by atoms with E-state index >= 15 is 0 Å². The van der Waals surface area contributed by atoms with Crippen LogP contribution in [-0.2, 0) is 5.75 Å². The second-order valence-electron chi connectivity index (χ2n) is 3.96. The van der Waals surface area contributed by atoms with Gasteiger partial charge in [-0.15, -0.1) is 11.8 Å². The van der Waals surface area contributed by atoms with Gasteiger partial charge in [-0.05, 0) is 30.7 Å². The minimum Gasteiger partial charge on any atom is -0.398 e. The molecule has 17 heavy (non-hydrogen) atoms. The average Bonchev–Trinajstić information content (AvgIpc) is 2.28. The van der Waals surface area contributed by atoms with Crippen LogP contribution in [0.4, 0.5) is 5.69 Å². The molecule has 0 saturated heterocycles. The van der Waals surface area contributed by atoms with E-state index in [1.807, 2.05) is 12.1 Å². The molecule has 0 heterocycles. The van der Waals surface area contributed by atoms with Crippen molar-refractivity contribution in [3.05, 3.63) is 58.1 Å². The van der Waals surface area contributed by atoms with E-state index in [0.29, 0.717) is 0 Å². The van der Waals surface area contributed by atoms with E-state index in [9.17, 15) is 0 Å². The second-order valence-corrected chi connectivity index (χ2v) is 5.89. The summed E-state index contributed by atoms with van der Waals surface area (Å²) in [6.07, 6.45) is 0. The molecule has 0 aliphatic carbocycles. The molecule has 0 atom stereocenters. The summed E-state index contributed by atoms with van der Waals surface area (Å²) in [7, 11) is 0. The minimum atomic E-state index is 0.831. The monoisotopic (exact) mass is 307 g/mol. The fraction of sp³-hybridized carbons (Fsp3) is 0.143.